The first-order valence-electron chi connectivity index (χ1n) is 4.61. The van der Waals surface area contributed by atoms with Crippen molar-refractivity contribution in [3.63, 3.8) is 0 Å². The van der Waals surface area contributed by atoms with Crippen molar-refractivity contribution in [3.8, 4) is 0 Å². The zero-order chi connectivity index (χ0) is 7.03. The minimum atomic E-state index is 0.785. The Morgan fingerprint density at radius 1 is 1.40 bits per heavy atom. The highest BCUT2D eigenvalue weighted by Gasteiger charge is 2.48. The van der Waals surface area contributed by atoms with Crippen molar-refractivity contribution in [2.45, 2.75) is 45.1 Å². The molecule has 0 aromatic heterocycles. The van der Waals surface area contributed by atoms with Crippen LogP contribution in [0.25, 0.3) is 0 Å². The predicted octanol–water partition coefficient (Wildman–Crippen LogP) is 1.93. The van der Waals surface area contributed by atoms with Gasteiger partial charge < -0.3 is 5.32 Å². The molecule has 1 heterocycles. The molecule has 1 aliphatic carbocycles. The summed E-state index contributed by atoms with van der Waals surface area (Å²) >= 11 is 0. The summed E-state index contributed by atoms with van der Waals surface area (Å²) in [6.07, 6.45) is 7.24. The zero-order valence-electron chi connectivity index (χ0n) is 6.82. The van der Waals surface area contributed by atoms with Gasteiger partial charge >= 0.3 is 0 Å². The maximum absolute atomic E-state index is 3.62. The fraction of sp³-hybridized carbons (Fsp3) is 1.00. The van der Waals surface area contributed by atoms with Crippen LogP contribution in [0.5, 0.6) is 0 Å². The molecule has 0 amide bonds. The zero-order valence-corrected chi connectivity index (χ0v) is 6.82. The molecule has 10 heavy (non-hydrogen) atoms. The van der Waals surface area contributed by atoms with Crippen LogP contribution in [0.1, 0.15) is 39.0 Å². The molecule has 2 rings (SSSR count). The fourth-order valence-electron chi connectivity index (χ4n) is 2.44. The second-order valence-electron chi connectivity index (χ2n) is 3.88. The van der Waals surface area contributed by atoms with E-state index in [1.807, 2.05) is 0 Å². The van der Waals surface area contributed by atoms with E-state index in [0.29, 0.717) is 0 Å². The lowest BCUT2D eigenvalue weighted by molar-refractivity contribution is 0.251. The summed E-state index contributed by atoms with van der Waals surface area (Å²) in [5.74, 6) is 0. The van der Waals surface area contributed by atoms with Gasteiger partial charge in [-0.15, -0.1) is 0 Å². The standard InChI is InChI=1S/C9H17N/c1-2-8-9(5-6-9)4-3-7-10-8/h8,10H,2-7H2,1H3. The van der Waals surface area contributed by atoms with E-state index in [2.05, 4.69) is 12.2 Å². The predicted molar refractivity (Wildman–Crippen MR) is 43.0 cm³/mol. The summed E-state index contributed by atoms with van der Waals surface area (Å²) in [5, 5.41) is 3.62. The van der Waals surface area contributed by atoms with Gasteiger partial charge in [0, 0.05) is 6.04 Å². The Bertz CT molecular complexity index is 127. The summed E-state index contributed by atoms with van der Waals surface area (Å²) in [5.41, 5.74) is 0.785. The summed E-state index contributed by atoms with van der Waals surface area (Å²) in [4.78, 5) is 0. The third-order valence-electron chi connectivity index (χ3n) is 3.28. The molecule has 1 aliphatic heterocycles. The molecule has 2 aliphatic rings. The van der Waals surface area contributed by atoms with Crippen molar-refractivity contribution in [1.29, 1.82) is 0 Å². The second-order valence-corrected chi connectivity index (χ2v) is 3.88. The highest BCUT2D eigenvalue weighted by molar-refractivity contribution is 5.03. The molecule has 1 saturated carbocycles. The average molecular weight is 139 g/mol. The molecule has 0 aromatic carbocycles. The highest BCUT2D eigenvalue weighted by atomic mass is 15.0. The number of hydrogen-bond acceptors (Lipinski definition) is 1. The van der Waals surface area contributed by atoms with Gasteiger partial charge in [-0.1, -0.05) is 6.92 Å². The summed E-state index contributed by atoms with van der Waals surface area (Å²) < 4.78 is 0. The first-order chi connectivity index (χ1) is 4.87. The van der Waals surface area contributed by atoms with Crippen LogP contribution in [0, 0.1) is 5.41 Å². The second kappa shape index (κ2) is 2.23. The van der Waals surface area contributed by atoms with Crippen molar-refractivity contribution in [2.75, 3.05) is 6.54 Å². The van der Waals surface area contributed by atoms with Crippen LogP contribution in [-0.2, 0) is 0 Å². The third kappa shape index (κ3) is 0.878. The van der Waals surface area contributed by atoms with Crippen LogP contribution < -0.4 is 5.32 Å². The molecular weight excluding hydrogens is 122 g/mol. The van der Waals surface area contributed by atoms with E-state index in [0.717, 1.165) is 11.5 Å². The molecule has 1 atom stereocenters. The molecule has 1 heteroatoms. The average Bonchev–Trinajstić information content (AvgIpc) is 2.71. The van der Waals surface area contributed by atoms with Gasteiger partial charge in [0.05, 0.1) is 0 Å². The Morgan fingerprint density at radius 3 is 2.70 bits per heavy atom. The molecule has 1 saturated heterocycles. The molecule has 1 spiro atoms. The smallest absolute Gasteiger partial charge is 0.0121 e. The molecule has 1 nitrogen and oxygen atoms in total. The molecular formula is C9H17N. The Hall–Kier alpha value is -0.0400. The van der Waals surface area contributed by atoms with Gasteiger partial charge in [-0.25, -0.2) is 0 Å². The van der Waals surface area contributed by atoms with Crippen molar-refractivity contribution >= 4 is 0 Å². The fourth-order valence-corrected chi connectivity index (χ4v) is 2.44. The van der Waals surface area contributed by atoms with Gasteiger partial charge in [-0.05, 0) is 44.1 Å². The van der Waals surface area contributed by atoms with Gasteiger partial charge in [0.25, 0.3) is 0 Å². The molecule has 58 valence electrons. The van der Waals surface area contributed by atoms with Crippen LogP contribution >= 0.6 is 0 Å². The largest absolute Gasteiger partial charge is 0.313 e. The summed E-state index contributed by atoms with van der Waals surface area (Å²) in [6.45, 7) is 3.57. The van der Waals surface area contributed by atoms with E-state index in [4.69, 9.17) is 0 Å². The van der Waals surface area contributed by atoms with Gasteiger partial charge in [0.2, 0.25) is 0 Å². The first-order valence-corrected chi connectivity index (χ1v) is 4.61. The lowest BCUT2D eigenvalue weighted by Gasteiger charge is -2.32. The van der Waals surface area contributed by atoms with Gasteiger partial charge in [-0.3, -0.25) is 0 Å². The summed E-state index contributed by atoms with van der Waals surface area (Å²) in [6, 6.07) is 0.862. The van der Waals surface area contributed by atoms with Crippen LogP contribution in [0.15, 0.2) is 0 Å². The van der Waals surface area contributed by atoms with Gasteiger partial charge in [0.1, 0.15) is 0 Å². The first kappa shape index (κ1) is 6.66. The van der Waals surface area contributed by atoms with Gasteiger partial charge in [0.15, 0.2) is 0 Å². The van der Waals surface area contributed by atoms with E-state index < -0.39 is 0 Å². The molecule has 0 aromatic rings. The SMILES string of the molecule is CCC1NCCCC12CC2. The van der Waals surface area contributed by atoms with Crippen LogP contribution in [-0.4, -0.2) is 12.6 Å². The van der Waals surface area contributed by atoms with Crippen LogP contribution in [0.2, 0.25) is 0 Å². The molecule has 2 fully saturated rings. The van der Waals surface area contributed by atoms with Crippen LogP contribution in [0.4, 0.5) is 0 Å². The van der Waals surface area contributed by atoms with Crippen molar-refractivity contribution < 1.29 is 0 Å². The van der Waals surface area contributed by atoms with Gasteiger partial charge in [-0.2, -0.15) is 0 Å². The van der Waals surface area contributed by atoms with E-state index in [1.165, 1.54) is 38.6 Å². The van der Waals surface area contributed by atoms with E-state index >= 15 is 0 Å². The maximum atomic E-state index is 3.62. The lowest BCUT2D eigenvalue weighted by Crippen LogP contribution is -2.42. The lowest BCUT2D eigenvalue weighted by atomic mass is 9.86. The Balaban J connectivity index is 2.01. The number of nitrogens with one attached hydrogen (secondary N) is 1. The summed E-state index contributed by atoms with van der Waals surface area (Å²) in [7, 11) is 0. The van der Waals surface area contributed by atoms with Crippen LogP contribution in [0.3, 0.4) is 0 Å². The molecule has 1 unspecified atom stereocenters. The molecule has 0 radical (unpaired) electrons. The normalized spacial score (nSPS) is 36.3. The topological polar surface area (TPSA) is 12.0 Å². The Labute approximate surface area is 63.2 Å². The Morgan fingerprint density at radius 2 is 2.20 bits per heavy atom. The van der Waals surface area contributed by atoms with E-state index in [9.17, 15) is 0 Å². The number of hydrogen-bond donors (Lipinski definition) is 1. The minimum absolute atomic E-state index is 0.785. The quantitative estimate of drug-likeness (QED) is 0.585. The van der Waals surface area contributed by atoms with Crippen molar-refractivity contribution in [1.82, 2.24) is 5.32 Å². The maximum Gasteiger partial charge on any atom is 0.0121 e. The monoisotopic (exact) mass is 139 g/mol. The minimum Gasteiger partial charge on any atom is -0.313 e. The van der Waals surface area contributed by atoms with E-state index in [1.54, 1.807) is 0 Å². The van der Waals surface area contributed by atoms with Crippen molar-refractivity contribution in [2.24, 2.45) is 5.41 Å². The number of piperidine rings is 1. The molecule has 0 bridgehead atoms. The number of rotatable bonds is 1. The third-order valence-corrected chi connectivity index (χ3v) is 3.28. The van der Waals surface area contributed by atoms with Crippen molar-refractivity contribution in [3.05, 3.63) is 0 Å². The highest BCUT2D eigenvalue weighted by Crippen LogP contribution is 2.54. The molecule has 1 N–H and O–H groups in total. The van der Waals surface area contributed by atoms with E-state index in [-0.39, 0.29) is 0 Å². The Kier molecular flexibility index (Phi) is 1.48.